The minimum Gasteiger partial charge on any atom is -0.458 e. The van der Waals surface area contributed by atoms with Gasteiger partial charge in [-0.05, 0) is 40.5 Å². The summed E-state index contributed by atoms with van der Waals surface area (Å²) >= 11 is 0. The molecule has 18 heteroatoms. The van der Waals surface area contributed by atoms with Gasteiger partial charge in [-0.25, -0.2) is 9.59 Å². The molecule has 0 saturated carbocycles. The van der Waals surface area contributed by atoms with E-state index < -0.39 is 157 Å². The number of carbonyl (C=O) groups excluding carboxylic acids is 2. The number of ether oxygens (including phenoxy) is 8. The molecule has 5 heterocycles. The lowest BCUT2D eigenvalue weighted by molar-refractivity contribution is -0.345. The zero-order valence-electron chi connectivity index (χ0n) is 44.4. The Kier molecular flexibility index (Phi) is 21.7. The van der Waals surface area contributed by atoms with Gasteiger partial charge in [-0.2, -0.15) is 0 Å². The molecule has 5 aliphatic heterocycles. The molecule has 0 bridgehead atoms. The number of allylic oxidation sites excluding steroid dienone is 4. The highest BCUT2D eigenvalue weighted by Gasteiger charge is 2.54. The van der Waals surface area contributed by atoms with Gasteiger partial charge in [0.05, 0.1) is 61.0 Å². The summed E-state index contributed by atoms with van der Waals surface area (Å²) in [6.07, 6.45) is -0.317. The number of esters is 2. The van der Waals surface area contributed by atoms with Gasteiger partial charge in [0.25, 0.3) is 0 Å². The quantitative estimate of drug-likeness (QED) is 0.114. The number of hydrogen-bond donors (Lipinski definition) is 8. The van der Waals surface area contributed by atoms with Gasteiger partial charge in [0, 0.05) is 85.2 Å². The van der Waals surface area contributed by atoms with Crippen molar-refractivity contribution in [1.29, 1.82) is 0 Å². The minimum atomic E-state index is -1.88. The van der Waals surface area contributed by atoms with Crippen molar-refractivity contribution in [1.82, 2.24) is 0 Å². The van der Waals surface area contributed by atoms with Crippen LogP contribution in [0.3, 0.4) is 0 Å². The van der Waals surface area contributed by atoms with Crippen LogP contribution in [0.15, 0.2) is 48.6 Å². The Hall–Kier alpha value is -2.66. The highest BCUT2D eigenvalue weighted by Crippen LogP contribution is 2.45. The molecule has 0 aromatic carbocycles. The highest BCUT2D eigenvalue weighted by atomic mass is 16.7. The van der Waals surface area contributed by atoms with Gasteiger partial charge in [0.2, 0.25) is 0 Å². The standard InChI is InChI=1S/C54H88O18/c1-13-37-33(9)71-53(63,25-41(37)67-45-23-39(55)49(61)35(11)65-45)31(7)47(59)29(5)51-27(3)19-15-17-22-44(58)70-52(28(4)20-16-18-21-43(57)69-51)30(6)48(60)32(8)54(64)26-42(38(14-2)34(10)72-54)68-46-24-40(56)50(62)36(12)66-46/h15-22,27-42,45-52,55-56,59-64H,13-14,23-26H2,1-12H3/b19-15-,20-16-,21-18-,22-17-/t27-,28-,29-,30-,31-,32-,33+,34+,35-,36-,37+,38+,39-,40-,41+,42+,45-,46-,47+,48+,49+,50+,51-,52-,53+,54+/m0/s1. The number of cyclic esters (lactones) is 2. The van der Waals surface area contributed by atoms with E-state index in [0.29, 0.717) is 12.8 Å². The Balaban J connectivity index is 1.28. The van der Waals surface area contributed by atoms with Crippen molar-refractivity contribution in [2.45, 2.75) is 231 Å². The summed E-state index contributed by atoms with van der Waals surface area (Å²) in [4.78, 5) is 27.0. The van der Waals surface area contributed by atoms with Gasteiger partial charge in [-0.3, -0.25) is 0 Å². The first-order chi connectivity index (χ1) is 33.7. The Labute approximate surface area is 426 Å². The molecule has 0 amide bonds. The summed E-state index contributed by atoms with van der Waals surface area (Å²) in [5.41, 5.74) is 0. The third kappa shape index (κ3) is 14.4. The summed E-state index contributed by atoms with van der Waals surface area (Å²) in [6.45, 7) is 21.3. The lowest BCUT2D eigenvalue weighted by atomic mass is 9.76. The van der Waals surface area contributed by atoms with Crippen LogP contribution in [0.5, 0.6) is 0 Å². The van der Waals surface area contributed by atoms with E-state index in [2.05, 4.69) is 0 Å². The van der Waals surface area contributed by atoms with E-state index in [1.807, 2.05) is 27.7 Å². The second-order valence-corrected chi connectivity index (χ2v) is 21.7. The Bertz CT molecular complexity index is 1710. The molecule has 4 fully saturated rings. The first-order valence-corrected chi connectivity index (χ1v) is 26.4. The fourth-order valence-corrected chi connectivity index (χ4v) is 11.6. The van der Waals surface area contributed by atoms with Crippen LogP contribution < -0.4 is 0 Å². The molecule has 0 spiro atoms. The van der Waals surface area contributed by atoms with E-state index in [1.54, 1.807) is 79.7 Å². The molecule has 18 nitrogen and oxygen atoms in total. The molecule has 5 aliphatic rings. The summed E-state index contributed by atoms with van der Waals surface area (Å²) in [7, 11) is 0. The smallest absolute Gasteiger partial charge is 0.331 e. The highest BCUT2D eigenvalue weighted by molar-refractivity contribution is 5.83. The maximum absolute atomic E-state index is 13.5. The van der Waals surface area contributed by atoms with Gasteiger partial charge in [0.1, 0.15) is 24.4 Å². The molecular formula is C54H88O18. The van der Waals surface area contributed by atoms with Crippen molar-refractivity contribution in [2.75, 3.05) is 0 Å². The van der Waals surface area contributed by atoms with Gasteiger partial charge in [0.15, 0.2) is 24.2 Å². The van der Waals surface area contributed by atoms with E-state index in [-0.39, 0.29) is 37.5 Å². The number of rotatable bonds is 14. The van der Waals surface area contributed by atoms with E-state index in [1.165, 1.54) is 24.3 Å². The summed E-state index contributed by atoms with van der Waals surface area (Å²) in [5, 5.41) is 89.6. The first-order valence-electron chi connectivity index (χ1n) is 26.4. The van der Waals surface area contributed by atoms with Crippen LogP contribution in [0, 0.1) is 47.3 Å². The molecule has 72 heavy (non-hydrogen) atoms. The van der Waals surface area contributed by atoms with Crippen LogP contribution in [0.4, 0.5) is 0 Å². The van der Waals surface area contributed by atoms with Gasteiger partial charge in [-0.15, -0.1) is 0 Å². The van der Waals surface area contributed by atoms with Crippen LogP contribution in [-0.2, 0) is 47.5 Å². The molecule has 0 aliphatic carbocycles. The summed E-state index contributed by atoms with van der Waals surface area (Å²) < 4.78 is 49.1. The SMILES string of the molecule is CC[C@@H]1[C@@H](C)O[C@@](O)([C@@H](C)[C@H](O)[C@H](C)[C@H]2OC(=O)/C=C\C=C/[C@H](C)[C@@H]([C@@H](C)[C@@H](O)[C@H](C)[C@@]3(O)C[C@@H](O[C@H]4C[C@H](O)[C@H](O)[C@H](C)O4)[C@H](CC)[C@@H](C)O3)OC(=O)/C=C\C=C/[C@@H]2C)C[C@H]1O[C@H]1C[C@H](O)[C@H](O)[C@H](C)O1. The number of aliphatic hydroxyl groups is 8. The average Bonchev–Trinajstić information content (AvgIpc) is 3.31. The minimum absolute atomic E-state index is 0.0264. The van der Waals surface area contributed by atoms with Crippen LogP contribution in [0.1, 0.15) is 122 Å². The topological polar surface area (TPSA) is 270 Å². The van der Waals surface area contributed by atoms with E-state index in [0.717, 1.165) is 0 Å². The third-order valence-corrected chi connectivity index (χ3v) is 16.5. The predicted octanol–water partition coefficient (Wildman–Crippen LogP) is 4.12. The number of aliphatic hydroxyl groups excluding tert-OH is 6. The predicted molar refractivity (Wildman–Crippen MR) is 263 cm³/mol. The summed E-state index contributed by atoms with van der Waals surface area (Å²) in [5.74, 6) is -9.84. The molecule has 0 radical (unpaired) electrons. The van der Waals surface area contributed by atoms with Gasteiger partial charge < -0.3 is 78.7 Å². The molecule has 5 rings (SSSR count). The van der Waals surface area contributed by atoms with E-state index in [9.17, 15) is 50.4 Å². The van der Waals surface area contributed by atoms with Crippen molar-refractivity contribution in [3.05, 3.63) is 48.6 Å². The van der Waals surface area contributed by atoms with E-state index in [4.69, 9.17) is 37.9 Å². The van der Waals surface area contributed by atoms with E-state index >= 15 is 0 Å². The lowest BCUT2D eigenvalue weighted by Crippen LogP contribution is -2.59. The largest absolute Gasteiger partial charge is 0.458 e. The second-order valence-electron chi connectivity index (χ2n) is 21.7. The summed E-state index contributed by atoms with van der Waals surface area (Å²) in [6, 6.07) is 0. The molecule has 26 atom stereocenters. The van der Waals surface area contributed by atoms with Crippen LogP contribution >= 0.6 is 0 Å². The van der Waals surface area contributed by atoms with Crippen LogP contribution in [0.25, 0.3) is 0 Å². The lowest BCUT2D eigenvalue weighted by Gasteiger charge is -2.50. The maximum Gasteiger partial charge on any atom is 0.331 e. The average molecular weight is 1030 g/mol. The van der Waals surface area contributed by atoms with Crippen molar-refractivity contribution in [2.24, 2.45) is 47.3 Å². The molecule has 0 aromatic heterocycles. The molecule has 0 aromatic rings. The molecule has 8 N–H and O–H groups in total. The third-order valence-electron chi connectivity index (χ3n) is 16.5. The molecule has 4 saturated heterocycles. The van der Waals surface area contributed by atoms with Crippen LogP contribution in [-0.4, -0.2) is 162 Å². The van der Waals surface area contributed by atoms with Crippen LogP contribution in [0.2, 0.25) is 0 Å². The number of carbonyl (C=O) groups is 2. The maximum atomic E-state index is 13.5. The van der Waals surface area contributed by atoms with Crippen molar-refractivity contribution in [3.63, 3.8) is 0 Å². The normalized spacial score (nSPS) is 46.1. The van der Waals surface area contributed by atoms with Gasteiger partial charge >= 0.3 is 11.9 Å². The Morgan fingerprint density at radius 3 is 1.25 bits per heavy atom. The zero-order chi connectivity index (χ0) is 53.6. The monoisotopic (exact) mass is 1020 g/mol. The second kappa shape index (κ2) is 25.9. The fourth-order valence-electron chi connectivity index (χ4n) is 11.6. The van der Waals surface area contributed by atoms with Crippen molar-refractivity contribution >= 4 is 11.9 Å². The Morgan fingerprint density at radius 2 is 0.931 bits per heavy atom. The van der Waals surface area contributed by atoms with Crippen molar-refractivity contribution in [3.8, 4) is 0 Å². The fraction of sp³-hybridized carbons (Fsp3) is 0.815. The Morgan fingerprint density at radius 1 is 0.583 bits per heavy atom. The molecular weight excluding hydrogens is 937 g/mol. The van der Waals surface area contributed by atoms with Crippen molar-refractivity contribution < 1.29 is 88.3 Å². The zero-order valence-corrected chi connectivity index (χ0v) is 44.4. The first kappa shape index (κ1) is 60.2. The molecule has 0 unspecified atom stereocenters. The molecule has 412 valence electrons. The van der Waals surface area contributed by atoms with Gasteiger partial charge in [-0.1, -0.05) is 91.8 Å². The number of hydrogen-bond acceptors (Lipinski definition) is 18.